The van der Waals surface area contributed by atoms with Crippen LogP contribution in [0, 0.1) is 0 Å². The van der Waals surface area contributed by atoms with Gasteiger partial charge in [-0.2, -0.15) is 0 Å². The third kappa shape index (κ3) is 6.99. The highest BCUT2D eigenvalue weighted by Crippen LogP contribution is 2.02. The van der Waals surface area contributed by atoms with Gasteiger partial charge in [0.05, 0.1) is 6.61 Å². The van der Waals surface area contributed by atoms with Crippen LogP contribution in [0.2, 0.25) is 0 Å². The smallest absolute Gasteiger partial charge is 0.459 e. The third-order valence-corrected chi connectivity index (χ3v) is 1.65. The monoisotopic (exact) mass is 274 g/mol. The number of ether oxygens (including phenoxy) is 3. The van der Waals surface area contributed by atoms with Crippen molar-refractivity contribution in [2.24, 2.45) is 0 Å². The molecule has 8 nitrogen and oxygen atoms in total. The predicted octanol–water partition coefficient (Wildman–Crippen LogP) is -0.672. The first-order chi connectivity index (χ1) is 8.92. The van der Waals surface area contributed by atoms with Gasteiger partial charge in [0.1, 0.15) is 19.3 Å². The van der Waals surface area contributed by atoms with Crippen LogP contribution in [0.25, 0.3) is 0 Å². The summed E-state index contributed by atoms with van der Waals surface area (Å²) in [5, 5.41) is 17.5. The first-order valence-electron chi connectivity index (χ1n) is 5.13. The molecule has 0 spiro atoms. The van der Waals surface area contributed by atoms with Gasteiger partial charge < -0.3 is 24.4 Å². The fourth-order valence-corrected chi connectivity index (χ4v) is 0.742. The molecule has 0 rings (SSSR count). The number of esters is 1. The standard InChI is InChI=1S/C11H14O8/c1-7(2)10(15)17-3-4-18-11(16)19-9(6-13)8(14)5-12/h8,12,14H,1,3-5H2,2H3. The molecule has 0 aromatic heterocycles. The Morgan fingerprint density at radius 1 is 1.32 bits per heavy atom. The van der Waals surface area contributed by atoms with Crippen LogP contribution in [0.5, 0.6) is 0 Å². The van der Waals surface area contributed by atoms with Gasteiger partial charge in [0.25, 0.3) is 0 Å². The zero-order valence-electron chi connectivity index (χ0n) is 10.2. The quantitative estimate of drug-likeness (QED) is 0.206. The highest BCUT2D eigenvalue weighted by atomic mass is 16.7. The number of hydrogen-bond acceptors (Lipinski definition) is 8. The molecule has 0 radical (unpaired) electrons. The minimum atomic E-state index is -1.66. The van der Waals surface area contributed by atoms with E-state index in [1.54, 1.807) is 0 Å². The van der Waals surface area contributed by atoms with Crippen molar-refractivity contribution in [2.75, 3.05) is 19.8 Å². The van der Waals surface area contributed by atoms with Gasteiger partial charge in [-0.3, -0.25) is 0 Å². The van der Waals surface area contributed by atoms with E-state index < -0.39 is 30.6 Å². The van der Waals surface area contributed by atoms with Crippen LogP contribution in [0.3, 0.4) is 0 Å². The first-order valence-corrected chi connectivity index (χ1v) is 5.13. The zero-order valence-corrected chi connectivity index (χ0v) is 10.2. The lowest BCUT2D eigenvalue weighted by atomic mass is 10.3. The number of aliphatic hydroxyl groups excluding tert-OH is 2. The number of aliphatic hydroxyl groups is 2. The Hall–Kier alpha value is -2.15. The SMILES string of the molecule is C=C(C)C(=O)OCCOC(=O)OC(=C=O)C(O)CO. The molecule has 0 amide bonds. The lowest BCUT2D eigenvalue weighted by Crippen LogP contribution is -2.22. The Kier molecular flexibility index (Phi) is 7.87. The summed E-state index contributed by atoms with van der Waals surface area (Å²) in [5.74, 6) is -0.294. The molecular formula is C11H14O8. The minimum Gasteiger partial charge on any atom is -0.459 e. The van der Waals surface area contributed by atoms with Crippen LogP contribution >= 0.6 is 0 Å². The maximum absolute atomic E-state index is 11.0. The summed E-state index contributed by atoms with van der Waals surface area (Å²) >= 11 is 0. The molecule has 0 saturated carbocycles. The van der Waals surface area contributed by atoms with Gasteiger partial charge >= 0.3 is 12.1 Å². The summed E-state index contributed by atoms with van der Waals surface area (Å²) in [6.07, 6.45) is -2.96. The van der Waals surface area contributed by atoms with E-state index in [0.29, 0.717) is 0 Å². The van der Waals surface area contributed by atoms with E-state index in [-0.39, 0.29) is 18.8 Å². The van der Waals surface area contributed by atoms with Crippen LogP contribution in [0.1, 0.15) is 6.92 Å². The van der Waals surface area contributed by atoms with Crippen LogP contribution in [-0.4, -0.2) is 54.2 Å². The highest BCUT2D eigenvalue weighted by Gasteiger charge is 2.17. The Morgan fingerprint density at radius 2 is 1.89 bits per heavy atom. The summed E-state index contributed by atoms with van der Waals surface area (Å²) in [7, 11) is 0. The molecule has 0 aromatic rings. The van der Waals surface area contributed by atoms with Gasteiger partial charge in [-0.05, 0) is 6.92 Å². The minimum absolute atomic E-state index is 0.194. The number of carbonyl (C=O) groups excluding carboxylic acids is 3. The topological polar surface area (TPSA) is 119 Å². The van der Waals surface area contributed by atoms with Gasteiger partial charge in [0.2, 0.25) is 5.76 Å². The normalized spacial score (nSPS) is 10.9. The molecule has 0 aliphatic heterocycles. The van der Waals surface area contributed by atoms with Gasteiger partial charge in [-0.25, -0.2) is 14.4 Å². The van der Waals surface area contributed by atoms with E-state index in [0.717, 1.165) is 5.94 Å². The van der Waals surface area contributed by atoms with E-state index in [9.17, 15) is 14.4 Å². The second-order valence-corrected chi connectivity index (χ2v) is 3.28. The molecule has 106 valence electrons. The van der Waals surface area contributed by atoms with E-state index in [1.807, 2.05) is 0 Å². The van der Waals surface area contributed by atoms with Crippen molar-refractivity contribution in [2.45, 2.75) is 13.0 Å². The van der Waals surface area contributed by atoms with Gasteiger partial charge in [-0.15, -0.1) is 0 Å². The number of rotatable bonds is 7. The van der Waals surface area contributed by atoms with Crippen molar-refractivity contribution < 1.29 is 38.8 Å². The average molecular weight is 274 g/mol. The van der Waals surface area contributed by atoms with Crippen molar-refractivity contribution >= 4 is 18.1 Å². The van der Waals surface area contributed by atoms with Crippen molar-refractivity contribution in [3.05, 3.63) is 17.9 Å². The maximum Gasteiger partial charge on any atom is 0.514 e. The lowest BCUT2D eigenvalue weighted by molar-refractivity contribution is -0.140. The molecule has 0 bridgehead atoms. The zero-order chi connectivity index (χ0) is 14.8. The number of hydrogen-bond donors (Lipinski definition) is 2. The van der Waals surface area contributed by atoms with E-state index in [2.05, 4.69) is 20.8 Å². The molecule has 0 saturated heterocycles. The fourth-order valence-electron chi connectivity index (χ4n) is 0.742. The Labute approximate surface area is 108 Å². The van der Waals surface area contributed by atoms with Crippen LogP contribution in [0.4, 0.5) is 4.79 Å². The van der Waals surface area contributed by atoms with E-state index in [4.69, 9.17) is 10.2 Å². The third-order valence-electron chi connectivity index (χ3n) is 1.65. The van der Waals surface area contributed by atoms with Gasteiger partial charge in [0, 0.05) is 5.57 Å². The Balaban J connectivity index is 3.97. The second kappa shape index (κ2) is 8.87. The summed E-state index contributed by atoms with van der Waals surface area (Å²) in [6.45, 7) is 3.46. The maximum atomic E-state index is 11.0. The summed E-state index contributed by atoms with van der Waals surface area (Å²) in [6, 6.07) is 0. The van der Waals surface area contributed by atoms with Crippen LogP contribution < -0.4 is 0 Å². The lowest BCUT2D eigenvalue weighted by Gasteiger charge is -2.09. The predicted molar refractivity (Wildman–Crippen MR) is 60.5 cm³/mol. The Morgan fingerprint density at radius 3 is 2.37 bits per heavy atom. The molecule has 19 heavy (non-hydrogen) atoms. The molecule has 0 aliphatic carbocycles. The molecule has 1 atom stereocenters. The highest BCUT2D eigenvalue weighted by molar-refractivity contribution is 5.86. The molecule has 8 heteroatoms. The van der Waals surface area contributed by atoms with Crippen molar-refractivity contribution in [3.63, 3.8) is 0 Å². The van der Waals surface area contributed by atoms with Crippen molar-refractivity contribution in [1.82, 2.24) is 0 Å². The first kappa shape index (κ1) is 16.9. The largest absolute Gasteiger partial charge is 0.514 e. The Bertz CT molecular complexity index is 393. The van der Waals surface area contributed by atoms with Gasteiger partial charge in [0.15, 0.2) is 5.94 Å². The molecule has 1 unspecified atom stereocenters. The summed E-state index contributed by atoms with van der Waals surface area (Å²) in [5.41, 5.74) is 0.194. The van der Waals surface area contributed by atoms with Gasteiger partial charge in [-0.1, -0.05) is 6.58 Å². The second-order valence-electron chi connectivity index (χ2n) is 3.28. The van der Waals surface area contributed by atoms with Crippen molar-refractivity contribution in [1.29, 1.82) is 0 Å². The average Bonchev–Trinajstić information content (AvgIpc) is 2.39. The summed E-state index contributed by atoms with van der Waals surface area (Å²) < 4.78 is 13.3. The molecular weight excluding hydrogens is 260 g/mol. The van der Waals surface area contributed by atoms with Crippen LogP contribution in [-0.2, 0) is 23.8 Å². The molecule has 0 aliphatic rings. The fraction of sp³-hybridized carbons (Fsp3) is 0.455. The number of carbonyl (C=O) groups is 2. The van der Waals surface area contributed by atoms with Crippen molar-refractivity contribution in [3.8, 4) is 0 Å². The molecule has 0 aromatic carbocycles. The summed E-state index contributed by atoms with van der Waals surface area (Å²) in [4.78, 5) is 32.2. The van der Waals surface area contributed by atoms with E-state index in [1.165, 1.54) is 6.92 Å². The van der Waals surface area contributed by atoms with Crippen LogP contribution in [0.15, 0.2) is 17.9 Å². The molecule has 0 fully saturated rings. The molecule has 0 heterocycles. The molecule has 2 N–H and O–H groups in total. The van der Waals surface area contributed by atoms with E-state index >= 15 is 0 Å².